The first-order valence-electron chi connectivity index (χ1n) is 3.97. The number of fused-ring (bicyclic) bond motifs is 1. The van der Waals surface area contributed by atoms with Gasteiger partial charge in [-0.05, 0) is 18.6 Å². The minimum Gasteiger partial charge on any atom is -0.254 e. The van der Waals surface area contributed by atoms with Crippen molar-refractivity contribution in [3.05, 3.63) is 30.2 Å². The summed E-state index contributed by atoms with van der Waals surface area (Å²) in [6.07, 6.45) is 4.39. The summed E-state index contributed by atoms with van der Waals surface area (Å²) >= 11 is 0. The fourth-order valence-electron chi connectivity index (χ4n) is 1.21. The van der Waals surface area contributed by atoms with Gasteiger partial charge in [-0.25, -0.2) is 0 Å². The molecule has 3 nitrogen and oxygen atoms in total. The molecule has 0 bridgehead atoms. The van der Waals surface area contributed by atoms with E-state index < -0.39 is 0 Å². The van der Waals surface area contributed by atoms with Gasteiger partial charge in [0, 0.05) is 11.6 Å². The van der Waals surface area contributed by atoms with Gasteiger partial charge in [-0.15, -0.1) is 0 Å². The molecule has 0 fully saturated rings. The van der Waals surface area contributed by atoms with Crippen LogP contribution < -0.4 is 0 Å². The van der Waals surface area contributed by atoms with Gasteiger partial charge in [0.15, 0.2) is 0 Å². The van der Waals surface area contributed by atoms with Gasteiger partial charge >= 0.3 is 0 Å². The number of hydrogen-bond acceptors (Lipinski definition) is 3. The molecule has 0 radical (unpaired) electrons. The van der Waals surface area contributed by atoms with Crippen LogP contribution in [0.2, 0.25) is 0 Å². The first-order chi connectivity index (χ1) is 5.92. The third-order valence-electron chi connectivity index (χ3n) is 1.82. The second kappa shape index (κ2) is 2.85. The second-order valence-corrected chi connectivity index (χ2v) is 2.59. The number of hydrogen-bond donors (Lipinski definition) is 0. The van der Waals surface area contributed by atoms with Crippen molar-refractivity contribution in [2.45, 2.75) is 13.3 Å². The van der Waals surface area contributed by atoms with Crippen LogP contribution in [0, 0.1) is 0 Å². The van der Waals surface area contributed by atoms with Crippen LogP contribution in [0.4, 0.5) is 0 Å². The predicted molar refractivity (Wildman–Crippen MR) is 46.7 cm³/mol. The highest BCUT2D eigenvalue weighted by molar-refractivity contribution is 5.78. The van der Waals surface area contributed by atoms with E-state index in [0.717, 1.165) is 23.0 Å². The molecular weight excluding hydrogens is 150 g/mol. The molecule has 0 saturated carbocycles. The summed E-state index contributed by atoms with van der Waals surface area (Å²) in [7, 11) is 0. The van der Waals surface area contributed by atoms with Crippen LogP contribution in [0.25, 0.3) is 10.9 Å². The van der Waals surface area contributed by atoms with Crippen LogP contribution in [0.1, 0.15) is 12.6 Å². The van der Waals surface area contributed by atoms with Crippen molar-refractivity contribution in [3.63, 3.8) is 0 Å². The largest absolute Gasteiger partial charge is 0.254 e. The Bertz CT molecular complexity index is 392. The van der Waals surface area contributed by atoms with Crippen molar-refractivity contribution in [1.82, 2.24) is 15.2 Å². The average Bonchev–Trinajstić information content (AvgIpc) is 2.17. The lowest BCUT2D eigenvalue weighted by Crippen LogP contribution is -1.93. The van der Waals surface area contributed by atoms with Crippen molar-refractivity contribution < 1.29 is 0 Å². The minimum absolute atomic E-state index is 0.876. The Labute approximate surface area is 70.5 Å². The van der Waals surface area contributed by atoms with Crippen LogP contribution in [-0.4, -0.2) is 15.2 Å². The molecule has 0 N–H and O–H groups in total. The zero-order valence-corrected chi connectivity index (χ0v) is 6.86. The van der Waals surface area contributed by atoms with Gasteiger partial charge in [-0.3, -0.25) is 4.98 Å². The van der Waals surface area contributed by atoms with E-state index in [4.69, 9.17) is 0 Å². The zero-order chi connectivity index (χ0) is 8.39. The van der Waals surface area contributed by atoms with E-state index in [1.807, 2.05) is 12.1 Å². The fraction of sp³-hybridized carbons (Fsp3) is 0.222. The van der Waals surface area contributed by atoms with Crippen molar-refractivity contribution in [3.8, 4) is 0 Å². The molecule has 0 saturated heterocycles. The summed E-state index contributed by atoms with van der Waals surface area (Å²) < 4.78 is 0. The molecule has 3 heteroatoms. The predicted octanol–water partition coefficient (Wildman–Crippen LogP) is 1.59. The van der Waals surface area contributed by atoms with Crippen molar-refractivity contribution in [1.29, 1.82) is 0 Å². The normalized spacial score (nSPS) is 10.4. The Morgan fingerprint density at radius 2 is 2.33 bits per heavy atom. The van der Waals surface area contributed by atoms with E-state index in [-0.39, 0.29) is 0 Å². The van der Waals surface area contributed by atoms with Gasteiger partial charge in [-0.2, -0.15) is 10.2 Å². The Morgan fingerprint density at radius 3 is 3.17 bits per heavy atom. The molecule has 2 aromatic rings. The number of rotatable bonds is 1. The SMILES string of the molecule is CCc1nncc2cccnc12. The first kappa shape index (κ1) is 7.16. The van der Waals surface area contributed by atoms with Gasteiger partial charge in [0.2, 0.25) is 0 Å². The van der Waals surface area contributed by atoms with E-state index in [1.54, 1.807) is 12.4 Å². The topological polar surface area (TPSA) is 38.7 Å². The average molecular weight is 159 g/mol. The molecule has 0 aliphatic carbocycles. The molecule has 0 spiro atoms. The van der Waals surface area contributed by atoms with E-state index >= 15 is 0 Å². The lowest BCUT2D eigenvalue weighted by Gasteiger charge is -1.98. The highest BCUT2D eigenvalue weighted by Gasteiger charge is 2.00. The maximum Gasteiger partial charge on any atom is 0.0951 e. The quantitative estimate of drug-likeness (QED) is 0.634. The van der Waals surface area contributed by atoms with Crippen LogP contribution in [0.15, 0.2) is 24.5 Å². The van der Waals surface area contributed by atoms with Crippen molar-refractivity contribution in [2.75, 3.05) is 0 Å². The number of nitrogens with zero attached hydrogens (tertiary/aromatic N) is 3. The molecule has 60 valence electrons. The Balaban J connectivity index is 2.79. The molecule has 12 heavy (non-hydrogen) atoms. The van der Waals surface area contributed by atoms with E-state index in [1.165, 1.54) is 0 Å². The van der Waals surface area contributed by atoms with Gasteiger partial charge < -0.3 is 0 Å². The van der Waals surface area contributed by atoms with Crippen molar-refractivity contribution in [2.24, 2.45) is 0 Å². The third kappa shape index (κ3) is 1.03. The highest BCUT2D eigenvalue weighted by atomic mass is 15.1. The van der Waals surface area contributed by atoms with Crippen LogP contribution in [0.5, 0.6) is 0 Å². The summed E-state index contributed by atoms with van der Waals surface area (Å²) in [4.78, 5) is 4.25. The maximum atomic E-state index is 4.25. The van der Waals surface area contributed by atoms with Gasteiger partial charge in [0.05, 0.1) is 17.4 Å². The van der Waals surface area contributed by atoms with E-state index in [9.17, 15) is 0 Å². The first-order valence-corrected chi connectivity index (χ1v) is 3.97. The summed E-state index contributed by atoms with van der Waals surface area (Å²) in [5, 5.41) is 8.97. The molecular formula is C9H9N3. The molecule has 0 aliphatic rings. The molecule has 0 aliphatic heterocycles. The van der Waals surface area contributed by atoms with Crippen LogP contribution in [-0.2, 0) is 6.42 Å². The summed E-state index contributed by atoms with van der Waals surface area (Å²) in [5.74, 6) is 0. The number of pyridine rings is 1. The summed E-state index contributed by atoms with van der Waals surface area (Å²) in [5.41, 5.74) is 1.93. The monoisotopic (exact) mass is 159 g/mol. The Kier molecular flexibility index (Phi) is 1.70. The summed E-state index contributed by atoms with van der Waals surface area (Å²) in [6.45, 7) is 2.05. The Morgan fingerprint density at radius 1 is 1.42 bits per heavy atom. The third-order valence-corrected chi connectivity index (χ3v) is 1.82. The lowest BCUT2D eigenvalue weighted by molar-refractivity contribution is 0.933. The van der Waals surface area contributed by atoms with Crippen LogP contribution >= 0.6 is 0 Å². The Hall–Kier alpha value is -1.51. The molecule has 2 rings (SSSR count). The molecule has 0 aromatic carbocycles. The number of aromatic nitrogens is 3. The maximum absolute atomic E-state index is 4.25. The summed E-state index contributed by atoms with van der Waals surface area (Å²) in [6, 6.07) is 3.90. The lowest BCUT2D eigenvalue weighted by atomic mass is 10.2. The minimum atomic E-state index is 0.876. The van der Waals surface area contributed by atoms with Gasteiger partial charge in [-0.1, -0.05) is 6.92 Å². The zero-order valence-electron chi connectivity index (χ0n) is 6.86. The second-order valence-electron chi connectivity index (χ2n) is 2.59. The van der Waals surface area contributed by atoms with Crippen molar-refractivity contribution >= 4 is 10.9 Å². The molecule has 0 atom stereocenters. The van der Waals surface area contributed by atoms with Crippen LogP contribution in [0.3, 0.4) is 0 Å². The highest BCUT2D eigenvalue weighted by Crippen LogP contribution is 2.11. The number of aryl methyl sites for hydroxylation is 1. The van der Waals surface area contributed by atoms with Gasteiger partial charge in [0.1, 0.15) is 0 Å². The molecule has 2 aromatic heterocycles. The van der Waals surface area contributed by atoms with Gasteiger partial charge in [0.25, 0.3) is 0 Å². The van der Waals surface area contributed by atoms with E-state index in [2.05, 4.69) is 22.1 Å². The van der Waals surface area contributed by atoms with E-state index in [0.29, 0.717) is 0 Å². The smallest absolute Gasteiger partial charge is 0.0951 e. The molecule has 0 unspecified atom stereocenters. The molecule has 2 heterocycles. The fourth-order valence-corrected chi connectivity index (χ4v) is 1.21. The standard InChI is InChI=1S/C9H9N3/c1-2-8-9-7(6-11-12-8)4-3-5-10-9/h3-6H,2H2,1H3. The molecule has 0 amide bonds.